The second kappa shape index (κ2) is 6.35. The summed E-state index contributed by atoms with van der Waals surface area (Å²) < 4.78 is 13.4. The van der Waals surface area contributed by atoms with Crippen LogP contribution in [0.1, 0.15) is 30.1 Å². The van der Waals surface area contributed by atoms with Crippen molar-refractivity contribution in [1.29, 1.82) is 0 Å². The number of hydrogen-bond donors (Lipinski definition) is 2. The molecule has 4 nitrogen and oxygen atoms in total. The largest absolute Gasteiger partial charge is 0.480 e. The first-order valence-electron chi connectivity index (χ1n) is 5.44. The minimum absolute atomic E-state index is 0.212. The van der Waals surface area contributed by atoms with Gasteiger partial charge in [0.1, 0.15) is 11.9 Å². The molecule has 1 amide bonds. The summed E-state index contributed by atoms with van der Waals surface area (Å²) in [4.78, 5) is 22.6. The Balaban J connectivity index is 2.86. The number of hydrogen-bond acceptors (Lipinski definition) is 2. The number of benzene rings is 1. The fourth-order valence-corrected chi connectivity index (χ4v) is 1.63. The maximum absolute atomic E-state index is 13.4. The lowest BCUT2D eigenvalue weighted by atomic mass is 10.1. The molecule has 1 atom stereocenters. The van der Waals surface area contributed by atoms with E-state index in [1.165, 1.54) is 6.07 Å². The first-order valence-corrected chi connectivity index (χ1v) is 5.82. The molecule has 0 heterocycles. The van der Waals surface area contributed by atoms with Crippen molar-refractivity contribution < 1.29 is 19.1 Å². The van der Waals surface area contributed by atoms with Crippen LogP contribution < -0.4 is 5.32 Å². The van der Waals surface area contributed by atoms with Gasteiger partial charge in [0.15, 0.2) is 0 Å². The van der Waals surface area contributed by atoms with Gasteiger partial charge in [0, 0.05) is 5.02 Å². The Morgan fingerprint density at radius 1 is 1.50 bits per heavy atom. The highest BCUT2D eigenvalue weighted by Crippen LogP contribution is 2.15. The van der Waals surface area contributed by atoms with Gasteiger partial charge in [-0.3, -0.25) is 4.79 Å². The Morgan fingerprint density at radius 3 is 2.72 bits per heavy atom. The van der Waals surface area contributed by atoms with E-state index in [0.717, 1.165) is 12.1 Å². The van der Waals surface area contributed by atoms with E-state index in [2.05, 4.69) is 5.32 Å². The Bertz CT molecular complexity index is 465. The van der Waals surface area contributed by atoms with E-state index in [-0.39, 0.29) is 17.0 Å². The van der Waals surface area contributed by atoms with Crippen molar-refractivity contribution >= 4 is 23.5 Å². The molecule has 0 aliphatic carbocycles. The maximum Gasteiger partial charge on any atom is 0.326 e. The molecule has 1 rings (SSSR count). The molecule has 0 fully saturated rings. The molecule has 1 aromatic carbocycles. The predicted octanol–water partition coefficient (Wildman–Crippen LogP) is 2.46. The molecular weight excluding hydrogens is 261 g/mol. The van der Waals surface area contributed by atoms with E-state index >= 15 is 0 Å². The molecule has 1 unspecified atom stereocenters. The average molecular weight is 274 g/mol. The van der Waals surface area contributed by atoms with Crippen molar-refractivity contribution in [3.8, 4) is 0 Å². The molecule has 0 aromatic heterocycles. The van der Waals surface area contributed by atoms with Crippen LogP contribution in [0, 0.1) is 5.82 Å². The zero-order chi connectivity index (χ0) is 13.7. The lowest BCUT2D eigenvalue weighted by Crippen LogP contribution is -2.40. The van der Waals surface area contributed by atoms with Crippen LogP contribution in [0.4, 0.5) is 4.39 Å². The summed E-state index contributed by atoms with van der Waals surface area (Å²) in [5.41, 5.74) is -0.259. The monoisotopic (exact) mass is 273 g/mol. The van der Waals surface area contributed by atoms with Gasteiger partial charge in [0.25, 0.3) is 5.91 Å². The number of carboxylic acids is 1. The first kappa shape index (κ1) is 14.4. The average Bonchev–Trinajstić information content (AvgIpc) is 2.31. The number of carboxylic acid groups (broad SMARTS) is 1. The molecule has 1 aromatic rings. The van der Waals surface area contributed by atoms with E-state index in [0.29, 0.717) is 6.42 Å². The second-order valence-electron chi connectivity index (χ2n) is 3.78. The van der Waals surface area contributed by atoms with Crippen LogP contribution in [0.5, 0.6) is 0 Å². The summed E-state index contributed by atoms with van der Waals surface area (Å²) in [6.45, 7) is 1.79. The van der Waals surface area contributed by atoms with Gasteiger partial charge in [0.2, 0.25) is 0 Å². The molecule has 98 valence electrons. The number of aliphatic carboxylic acids is 1. The maximum atomic E-state index is 13.4. The Kier molecular flexibility index (Phi) is 5.09. The summed E-state index contributed by atoms with van der Waals surface area (Å²) in [6, 6.07) is 2.51. The molecule has 0 bridgehead atoms. The van der Waals surface area contributed by atoms with Crippen molar-refractivity contribution in [3.63, 3.8) is 0 Å². The van der Waals surface area contributed by atoms with Crippen molar-refractivity contribution in [2.45, 2.75) is 25.8 Å². The van der Waals surface area contributed by atoms with Crippen LogP contribution in [0.3, 0.4) is 0 Å². The fraction of sp³-hybridized carbons (Fsp3) is 0.333. The Labute approximate surface area is 109 Å². The third kappa shape index (κ3) is 3.70. The fourth-order valence-electron chi connectivity index (χ4n) is 1.45. The van der Waals surface area contributed by atoms with Gasteiger partial charge in [-0.05, 0) is 24.6 Å². The van der Waals surface area contributed by atoms with Crippen LogP contribution in [0.15, 0.2) is 18.2 Å². The topological polar surface area (TPSA) is 66.4 Å². The zero-order valence-corrected chi connectivity index (χ0v) is 10.5. The van der Waals surface area contributed by atoms with Gasteiger partial charge in [-0.1, -0.05) is 24.9 Å². The van der Waals surface area contributed by atoms with Gasteiger partial charge < -0.3 is 10.4 Å². The molecule has 0 aliphatic heterocycles. The van der Waals surface area contributed by atoms with Gasteiger partial charge in [-0.25, -0.2) is 9.18 Å². The first-order chi connectivity index (χ1) is 8.45. The van der Waals surface area contributed by atoms with E-state index in [1.807, 2.05) is 0 Å². The SMILES string of the molecule is CCCC(NC(=O)c1cc(Cl)ccc1F)C(=O)O. The lowest BCUT2D eigenvalue weighted by Gasteiger charge is -2.13. The standard InChI is InChI=1S/C12H13ClFNO3/c1-2-3-10(12(17)18)15-11(16)8-6-7(13)4-5-9(8)14/h4-6,10H,2-3H2,1H3,(H,15,16)(H,17,18). The quantitative estimate of drug-likeness (QED) is 0.866. The number of nitrogens with one attached hydrogen (secondary N) is 1. The highest BCUT2D eigenvalue weighted by molar-refractivity contribution is 6.31. The highest BCUT2D eigenvalue weighted by Gasteiger charge is 2.21. The third-order valence-electron chi connectivity index (χ3n) is 2.35. The van der Waals surface area contributed by atoms with Crippen LogP contribution in [0.25, 0.3) is 0 Å². The van der Waals surface area contributed by atoms with E-state index < -0.39 is 23.7 Å². The molecular formula is C12H13ClFNO3. The van der Waals surface area contributed by atoms with Crippen molar-refractivity contribution in [2.75, 3.05) is 0 Å². The van der Waals surface area contributed by atoms with Crippen molar-refractivity contribution in [1.82, 2.24) is 5.32 Å². The number of carbonyl (C=O) groups is 2. The minimum atomic E-state index is -1.15. The minimum Gasteiger partial charge on any atom is -0.480 e. The van der Waals surface area contributed by atoms with Crippen LogP contribution in [-0.4, -0.2) is 23.0 Å². The van der Waals surface area contributed by atoms with Gasteiger partial charge in [-0.2, -0.15) is 0 Å². The second-order valence-corrected chi connectivity index (χ2v) is 4.21. The van der Waals surface area contributed by atoms with Crippen LogP contribution in [0.2, 0.25) is 5.02 Å². The van der Waals surface area contributed by atoms with Crippen molar-refractivity contribution in [2.24, 2.45) is 0 Å². The van der Waals surface area contributed by atoms with E-state index in [4.69, 9.17) is 16.7 Å². The summed E-state index contributed by atoms with van der Waals surface area (Å²) in [7, 11) is 0. The summed E-state index contributed by atoms with van der Waals surface area (Å²) >= 11 is 5.66. The third-order valence-corrected chi connectivity index (χ3v) is 2.59. The molecule has 0 saturated heterocycles. The van der Waals surface area contributed by atoms with Crippen LogP contribution >= 0.6 is 11.6 Å². The van der Waals surface area contributed by atoms with Crippen LogP contribution in [-0.2, 0) is 4.79 Å². The summed E-state index contributed by atoms with van der Waals surface area (Å²) in [6.07, 6.45) is 0.874. The normalized spacial score (nSPS) is 11.9. The Hall–Kier alpha value is -1.62. The predicted molar refractivity (Wildman–Crippen MR) is 65.2 cm³/mol. The van der Waals surface area contributed by atoms with Crippen molar-refractivity contribution in [3.05, 3.63) is 34.6 Å². The molecule has 0 aliphatic rings. The molecule has 0 radical (unpaired) electrons. The van der Waals surface area contributed by atoms with Gasteiger partial charge in [-0.15, -0.1) is 0 Å². The Morgan fingerprint density at radius 2 is 2.17 bits per heavy atom. The molecule has 2 N–H and O–H groups in total. The van der Waals surface area contributed by atoms with Gasteiger partial charge in [0.05, 0.1) is 5.56 Å². The zero-order valence-electron chi connectivity index (χ0n) is 9.74. The molecule has 0 spiro atoms. The highest BCUT2D eigenvalue weighted by atomic mass is 35.5. The van der Waals surface area contributed by atoms with E-state index in [9.17, 15) is 14.0 Å². The molecule has 6 heteroatoms. The lowest BCUT2D eigenvalue weighted by molar-refractivity contribution is -0.139. The molecule has 18 heavy (non-hydrogen) atoms. The number of amides is 1. The smallest absolute Gasteiger partial charge is 0.326 e. The number of carbonyl (C=O) groups excluding carboxylic acids is 1. The number of halogens is 2. The summed E-state index contributed by atoms with van der Waals surface area (Å²) in [5, 5.41) is 11.4. The summed E-state index contributed by atoms with van der Waals surface area (Å²) in [5.74, 6) is -2.67. The van der Waals surface area contributed by atoms with Gasteiger partial charge >= 0.3 is 5.97 Å². The van der Waals surface area contributed by atoms with E-state index in [1.54, 1.807) is 6.92 Å². The number of rotatable bonds is 5. The molecule has 0 saturated carbocycles.